The summed E-state index contributed by atoms with van der Waals surface area (Å²) in [6, 6.07) is 4.04. The van der Waals surface area contributed by atoms with Crippen molar-refractivity contribution in [3.8, 4) is 0 Å². The van der Waals surface area contributed by atoms with Crippen LogP contribution in [0.2, 0.25) is 0 Å². The van der Waals surface area contributed by atoms with Crippen molar-refractivity contribution in [2.24, 2.45) is 10.9 Å². The van der Waals surface area contributed by atoms with Crippen LogP contribution >= 0.6 is 0 Å². The van der Waals surface area contributed by atoms with Gasteiger partial charge in [-0.25, -0.2) is 0 Å². The number of rotatable bonds is 9. The first-order valence-electron chi connectivity index (χ1n) is 9.17. The average Bonchev–Trinajstić information content (AvgIpc) is 3.25. The van der Waals surface area contributed by atoms with E-state index in [9.17, 15) is 4.79 Å². The zero-order chi connectivity index (χ0) is 17.0. The highest BCUT2D eigenvalue weighted by atomic mass is 16.1. The molecule has 0 unspecified atom stereocenters. The Morgan fingerprint density at radius 2 is 1.88 bits per heavy atom. The number of aromatic nitrogens is 1. The molecule has 1 aliphatic rings. The van der Waals surface area contributed by atoms with E-state index in [1.54, 1.807) is 0 Å². The molecule has 1 aliphatic carbocycles. The lowest BCUT2D eigenvalue weighted by Crippen LogP contribution is -2.39. The number of amides is 1. The molecule has 1 amide bonds. The van der Waals surface area contributed by atoms with Gasteiger partial charge in [0.2, 0.25) is 5.91 Å². The highest BCUT2D eigenvalue weighted by Crippen LogP contribution is 2.27. The third kappa shape index (κ3) is 7.06. The van der Waals surface area contributed by atoms with E-state index in [1.807, 2.05) is 31.5 Å². The second-order valence-electron chi connectivity index (χ2n) is 6.31. The molecule has 6 nitrogen and oxygen atoms in total. The van der Waals surface area contributed by atoms with Crippen molar-refractivity contribution in [2.75, 3.05) is 26.2 Å². The van der Waals surface area contributed by atoms with E-state index in [0.717, 1.165) is 25.6 Å². The van der Waals surface area contributed by atoms with Crippen LogP contribution < -0.4 is 16.0 Å². The van der Waals surface area contributed by atoms with Crippen LogP contribution in [0.25, 0.3) is 0 Å². The summed E-state index contributed by atoms with van der Waals surface area (Å²) < 4.78 is 2.12. The van der Waals surface area contributed by atoms with Gasteiger partial charge < -0.3 is 20.5 Å². The highest BCUT2D eigenvalue weighted by Gasteiger charge is 2.17. The third-order valence-corrected chi connectivity index (χ3v) is 4.33. The van der Waals surface area contributed by atoms with E-state index in [2.05, 4.69) is 25.5 Å². The van der Waals surface area contributed by atoms with Gasteiger partial charge in [0.15, 0.2) is 5.96 Å². The molecule has 0 saturated heterocycles. The molecule has 1 saturated carbocycles. The largest absolute Gasteiger partial charge is 0.357 e. The molecule has 134 valence electrons. The van der Waals surface area contributed by atoms with E-state index >= 15 is 0 Å². The number of nitrogens with zero attached hydrogens (tertiary/aromatic N) is 2. The highest BCUT2D eigenvalue weighted by molar-refractivity contribution is 5.79. The van der Waals surface area contributed by atoms with Gasteiger partial charge in [0.05, 0.1) is 6.54 Å². The van der Waals surface area contributed by atoms with Gasteiger partial charge in [-0.2, -0.15) is 0 Å². The molecule has 2 rings (SSSR count). The Kier molecular flexibility index (Phi) is 8.21. The van der Waals surface area contributed by atoms with Crippen molar-refractivity contribution >= 4 is 11.9 Å². The number of nitrogens with one attached hydrogen (secondary N) is 3. The van der Waals surface area contributed by atoms with Gasteiger partial charge >= 0.3 is 0 Å². The Hall–Kier alpha value is -1.98. The van der Waals surface area contributed by atoms with Crippen LogP contribution in [0.15, 0.2) is 29.5 Å². The van der Waals surface area contributed by atoms with Crippen LogP contribution in [-0.4, -0.2) is 42.6 Å². The van der Waals surface area contributed by atoms with Gasteiger partial charge in [0, 0.05) is 45.0 Å². The first-order chi connectivity index (χ1) is 11.8. The second-order valence-corrected chi connectivity index (χ2v) is 6.31. The fraction of sp³-hybridized carbons (Fsp3) is 0.667. The van der Waals surface area contributed by atoms with E-state index in [1.165, 1.54) is 25.7 Å². The summed E-state index contributed by atoms with van der Waals surface area (Å²) in [5.74, 6) is 1.57. The summed E-state index contributed by atoms with van der Waals surface area (Å²) in [5.41, 5.74) is 0. The zero-order valence-corrected chi connectivity index (χ0v) is 14.8. The van der Waals surface area contributed by atoms with Gasteiger partial charge in [0.1, 0.15) is 0 Å². The summed E-state index contributed by atoms with van der Waals surface area (Å²) >= 11 is 0. The molecule has 0 aromatic carbocycles. The lowest BCUT2D eigenvalue weighted by Gasteiger charge is -2.12. The molecular weight excluding hydrogens is 302 g/mol. The summed E-state index contributed by atoms with van der Waals surface area (Å²) in [4.78, 5) is 16.4. The van der Waals surface area contributed by atoms with Crippen molar-refractivity contribution in [3.05, 3.63) is 24.5 Å². The van der Waals surface area contributed by atoms with Crippen LogP contribution in [0.3, 0.4) is 0 Å². The van der Waals surface area contributed by atoms with E-state index in [0.29, 0.717) is 25.4 Å². The monoisotopic (exact) mass is 333 g/mol. The molecular formula is C18H31N5O. The minimum absolute atomic E-state index is 0.169. The Labute approximate surface area is 145 Å². The molecule has 0 radical (unpaired) electrons. The van der Waals surface area contributed by atoms with Crippen LogP contribution in [0.1, 0.15) is 39.0 Å². The van der Waals surface area contributed by atoms with Gasteiger partial charge in [-0.05, 0) is 37.8 Å². The second kappa shape index (κ2) is 10.7. The number of hydrogen-bond acceptors (Lipinski definition) is 2. The van der Waals surface area contributed by atoms with Crippen LogP contribution in [0.4, 0.5) is 0 Å². The maximum absolute atomic E-state index is 11.9. The molecule has 6 heteroatoms. The minimum Gasteiger partial charge on any atom is -0.357 e. The minimum atomic E-state index is 0.169. The Balaban J connectivity index is 1.61. The Morgan fingerprint density at radius 1 is 1.12 bits per heavy atom. The zero-order valence-electron chi connectivity index (χ0n) is 14.8. The van der Waals surface area contributed by atoms with Crippen molar-refractivity contribution in [2.45, 2.75) is 45.6 Å². The number of carbonyl (C=O) groups is 1. The molecule has 24 heavy (non-hydrogen) atoms. The smallest absolute Gasteiger partial charge is 0.220 e. The molecule has 0 spiro atoms. The average molecular weight is 333 g/mol. The molecule has 1 aromatic rings. The normalized spacial score (nSPS) is 15.5. The van der Waals surface area contributed by atoms with E-state index in [4.69, 9.17) is 0 Å². The standard InChI is InChI=1S/C18H31N5O/c1-2-19-18(22-11-14-23-12-5-6-13-23)21-10-9-20-17(24)15-16-7-3-4-8-16/h5-6,12-13,16H,2-4,7-11,14-15H2,1H3,(H,20,24)(H2,19,21,22). The van der Waals surface area contributed by atoms with Crippen LogP contribution in [0.5, 0.6) is 0 Å². The van der Waals surface area contributed by atoms with E-state index in [-0.39, 0.29) is 5.91 Å². The first-order valence-corrected chi connectivity index (χ1v) is 9.17. The third-order valence-electron chi connectivity index (χ3n) is 4.33. The SMILES string of the molecule is CCNC(=NCCNC(=O)CC1CCCC1)NCCn1cccc1. The maximum Gasteiger partial charge on any atom is 0.220 e. The lowest BCUT2D eigenvalue weighted by molar-refractivity contribution is -0.121. The van der Waals surface area contributed by atoms with Crippen LogP contribution in [0, 0.1) is 5.92 Å². The molecule has 3 N–H and O–H groups in total. The van der Waals surface area contributed by atoms with Crippen molar-refractivity contribution in [1.82, 2.24) is 20.5 Å². The van der Waals surface area contributed by atoms with Gasteiger partial charge in [0.25, 0.3) is 0 Å². The predicted molar refractivity (Wildman–Crippen MR) is 98.0 cm³/mol. The van der Waals surface area contributed by atoms with E-state index < -0.39 is 0 Å². The molecule has 0 atom stereocenters. The predicted octanol–water partition coefficient (Wildman–Crippen LogP) is 1.74. The summed E-state index contributed by atoms with van der Waals surface area (Å²) in [6.07, 6.45) is 9.75. The lowest BCUT2D eigenvalue weighted by atomic mass is 10.0. The van der Waals surface area contributed by atoms with Gasteiger partial charge in [-0.1, -0.05) is 12.8 Å². The number of guanidine groups is 1. The topological polar surface area (TPSA) is 70.4 Å². The number of aliphatic imine (C=N–C) groups is 1. The van der Waals surface area contributed by atoms with Crippen molar-refractivity contribution < 1.29 is 4.79 Å². The molecule has 1 aromatic heterocycles. The quantitative estimate of drug-likeness (QED) is 0.366. The van der Waals surface area contributed by atoms with Gasteiger partial charge in [-0.3, -0.25) is 9.79 Å². The fourth-order valence-electron chi connectivity index (χ4n) is 3.08. The number of carbonyl (C=O) groups excluding carboxylic acids is 1. The fourth-order valence-corrected chi connectivity index (χ4v) is 3.08. The molecule has 0 aliphatic heterocycles. The summed E-state index contributed by atoms with van der Waals surface area (Å²) in [6.45, 7) is 5.77. The summed E-state index contributed by atoms with van der Waals surface area (Å²) in [7, 11) is 0. The first kappa shape index (κ1) is 18.4. The molecule has 0 bridgehead atoms. The summed E-state index contributed by atoms with van der Waals surface area (Å²) in [5, 5.41) is 9.52. The molecule has 1 heterocycles. The Bertz CT molecular complexity index is 492. The number of hydrogen-bond donors (Lipinski definition) is 3. The maximum atomic E-state index is 11.9. The Morgan fingerprint density at radius 3 is 2.58 bits per heavy atom. The van der Waals surface area contributed by atoms with Crippen molar-refractivity contribution in [3.63, 3.8) is 0 Å². The van der Waals surface area contributed by atoms with Gasteiger partial charge in [-0.15, -0.1) is 0 Å². The van der Waals surface area contributed by atoms with Crippen LogP contribution in [-0.2, 0) is 11.3 Å². The molecule has 1 fully saturated rings. The van der Waals surface area contributed by atoms with Crippen molar-refractivity contribution in [1.29, 1.82) is 0 Å².